The van der Waals surface area contributed by atoms with Gasteiger partial charge in [-0.05, 0) is 29.8 Å². The van der Waals surface area contributed by atoms with E-state index in [1.54, 1.807) is 23.6 Å². The van der Waals surface area contributed by atoms with Crippen molar-refractivity contribution in [1.82, 2.24) is 10.3 Å². The van der Waals surface area contributed by atoms with Crippen LogP contribution in [-0.2, 0) is 6.54 Å². The maximum Gasteiger partial charge on any atom is 0.251 e. The van der Waals surface area contributed by atoms with Crippen LogP contribution in [0.15, 0.2) is 54.0 Å². The average Bonchev–Trinajstić information content (AvgIpc) is 3.30. The van der Waals surface area contributed by atoms with Gasteiger partial charge in [-0.3, -0.25) is 4.79 Å². The zero-order valence-electron chi connectivity index (χ0n) is 12.7. The molecule has 5 nitrogen and oxygen atoms in total. The molecule has 0 saturated carbocycles. The third-order valence-corrected chi connectivity index (χ3v) is 4.52. The third-order valence-electron chi connectivity index (χ3n) is 3.69. The number of carbonyl (C=O) groups is 1. The molecule has 0 radical (unpaired) electrons. The third kappa shape index (κ3) is 2.96. The van der Waals surface area contributed by atoms with E-state index in [1.165, 1.54) is 0 Å². The molecule has 0 atom stereocenters. The molecule has 1 amide bonds. The van der Waals surface area contributed by atoms with Crippen molar-refractivity contribution in [3.05, 3.63) is 65.2 Å². The summed E-state index contributed by atoms with van der Waals surface area (Å²) in [7, 11) is 0. The highest BCUT2D eigenvalue weighted by atomic mass is 32.1. The Kier molecular flexibility index (Phi) is 3.88. The van der Waals surface area contributed by atoms with Crippen LogP contribution in [0.2, 0.25) is 0 Å². The molecule has 4 rings (SSSR count). The van der Waals surface area contributed by atoms with Gasteiger partial charge in [0.15, 0.2) is 11.5 Å². The number of ether oxygens (including phenoxy) is 2. The Labute approximate surface area is 142 Å². The topological polar surface area (TPSA) is 60.5 Å². The predicted octanol–water partition coefficient (Wildman–Crippen LogP) is 3.47. The first kappa shape index (κ1) is 14.7. The van der Waals surface area contributed by atoms with Gasteiger partial charge < -0.3 is 14.8 Å². The van der Waals surface area contributed by atoms with E-state index in [-0.39, 0.29) is 12.7 Å². The molecular formula is C18H14N2O3S. The van der Waals surface area contributed by atoms with Crippen LogP contribution in [0.25, 0.3) is 10.6 Å². The van der Waals surface area contributed by atoms with E-state index in [2.05, 4.69) is 10.3 Å². The number of amides is 1. The van der Waals surface area contributed by atoms with Crippen LogP contribution in [0.4, 0.5) is 0 Å². The van der Waals surface area contributed by atoms with Gasteiger partial charge in [0, 0.05) is 29.2 Å². The van der Waals surface area contributed by atoms with Crippen molar-refractivity contribution >= 4 is 17.2 Å². The number of benzene rings is 2. The summed E-state index contributed by atoms with van der Waals surface area (Å²) in [5.41, 5.74) is 2.52. The van der Waals surface area contributed by atoms with Crippen molar-refractivity contribution in [3.8, 4) is 22.1 Å². The number of nitrogens with zero attached hydrogens (tertiary/aromatic N) is 1. The molecule has 0 unspecified atom stereocenters. The lowest BCUT2D eigenvalue weighted by molar-refractivity contribution is 0.0951. The Bertz CT molecular complexity index is 878. The van der Waals surface area contributed by atoms with Crippen molar-refractivity contribution in [2.24, 2.45) is 0 Å². The van der Waals surface area contributed by atoms with Crippen LogP contribution >= 0.6 is 11.3 Å². The minimum atomic E-state index is -0.119. The Morgan fingerprint density at radius 1 is 1.17 bits per heavy atom. The molecule has 1 aromatic heterocycles. The van der Waals surface area contributed by atoms with Gasteiger partial charge in [-0.1, -0.05) is 18.2 Å². The number of thiazole rings is 1. The van der Waals surface area contributed by atoms with Gasteiger partial charge in [0.05, 0.1) is 0 Å². The normalized spacial score (nSPS) is 12.2. The molecule has 1 N–H and O–H groups in total. The Hall–Kier alpha value is -2.86. The Balaban J connectivity index is 1.46. The predicted molar refractivity (Wildman–Crippen MR) is 91.3 cm³/mol. The van der Waals surface area contributed by atoms with Crippen molar-refractivity contribution in [2.45, 2.75) is 6.54 Å². The van der Waals surface area contributed by atoms with E-state index in [0.29, 0.717) is 17.9 Å². The maximum absolute atomic E-state index is 12.4. The molecule has 2 heterocycles. The molecule has 24 heavy (non-hydrogen) atoms. The number of rotatable bonds is 4. The second-order valence-electron chi connectivity index (χ2n) is 5.29. The number of hydrogen-bond donors (Lipinski definition) is 1. The summed E-state index contributed by atoms with van der Waals surface area (Å²) in [5.74, 6) is 1.33. The van der Waals surface area contributed by atoms with Gasteiger partial charge in [-0.25, -0.2) is 4.98 Å². The molecule has 0 bridgehead atoms. The van der Waals surface area contributed by atoms with Gasteiger partial charge in [-0.2, -0.15) is 0 Å². The van der Waals surface area contributed by atoms with Gasteiger partial charge in [0.1, 0.15) is 5.01 Å². The zero-order valence-corrected chi connectivity index (χ0v) is 13.5. The second kappa shape index (κ2) is 6.33. The summed E-state index contributed by atoms with van der Waals surface area (Å²) in [6.07, 6.45) is 1.76. The number of aromatic nitrogens is 1. The molecule has 6 heteroatoms. The van der Waals surface area contributed by atoms with Crippen LogP contribution < -0.4 is 14.8 Å². The van der Waals surface area contributed by atoms with Crippen LogP contribution in [-0.4, -0.2) is 17.7 Å². The highest BCUT2D eigenvalue weighted by Gasteiger charge is 2.14. The van der Waals surface area contributed by atoms with Crippen LogP contribution in [0.1, 0.15) is 15.9 Å². The molecule has 120 valence electrons. The Morgan fingerprint density at radius 3 is 2.96 bits per heavy atom. The van der Waals surface area contributed by atoms with Crippen LogP contribution in [0, 0.1) is 0 Å². The molecule has 0 fully saturated rings. The van der Waals surface area contributed by atoms with Gasteiger partial charge in [0.2, 0.25) is 6.79 Å². The van der Waals surface area contributed by atoms with E-state index >= 15 is 0 Å². The first-order valence-electron chi connectivity index (χ1n) is 7.46. The van der Waals surface area contributed by atoms with Crippen LogP contribution in [0.3, 0.4) is 0 Å². The highest BCUT2D eigenvalue weighted by molar-refractivity contribution is 7.13. The van der Waals surface area contributed by atoms with Crippen LogP contribution in [0.5, 0.6) is 11.5 Å². The SMILES string of the molecule is O=C(NCc1ccc2c(c1)OCO2)c1cccc(-c2nccs2)c1. The summed E-state index contributed by atoms with van der Waals surface area (Å²) in [6, 6.07) is 13.1. The van der Waals surface area contributed by atoms with E-state index < -0.39 is 0 Å². The van der Waals surface area contributed by atoms with Gasteiger partial charge >= 0.3 is 0 Å². The fourth-order valence-electron chi connectivity index (χ4n) is 2.49. The Morgan fingerprint density at radius 2 is 2.08 bits per heavy atom. The number of fused-ring (bicyclic) bond motifs is 1. The minimum absolute atomic E-state index is 0.119. The maximum atomic E-state index is 12.4. The highest BCUT2D eigenvalue weighted by Crippen LogP contribution is 2.32. The lowest BCUT2D eigenvalue weighted by Gasteiger charge is -2.07. The standard InChI is InChI=1S/C18H14N2O3S/c21-17(13-2-1-3-14(9-13)18-19-6-7-24-18)20-10-12-4-5-15-16(8-12)23-11-22-15/h1-9H,10-11H2,(H,20,21). The fourth-order valence-corrected chi connectivity index (χ4v) is 3.13. The van der Waals surface area contributed by atoms with Crippen molar-refractivity contribution in [2.75, 3.05) is 6.79 Å². The molecule has 0 saturated heterocycles. The fraction of sp³-hybridized carbons (Fsp3) is 0.111. The second-order valence-corrected chi connectivity index (χ2v) is 6.18. The first-order valence-corrected chi connectivity index (χ1v) is 8.34. The van der Waals surface area contributed by atoms with Crippen molar-refractivity contribution in [3.63, 3.8) is 0 Å². The van der Waals surface area contributed by atoms with Gasteiger partial charge in [-0.15, -0.1) is 11.3 Å². The number of hydrogen-bond acceptors (Lipinski definition) is 5. The monoisotopic (exact) mass is 338 g/mol. The summed E-state index contributed by atoms with van der Waals surface area (Å²) in [5, 5.41) is 5.75. The minimum Gasteiger partial charge on any atom is -0.454 e. The van der Waals surface area contributed by atoms with E-state index in [4.69, 9.17) is 9.47 Å². The molecule has 1 aliphatic rings. The molecule has 1 aliphatic heterocycles. The molecular weight excluding hydrogens is 324 g/mol. The largest absolute Gasteiger partial charge is 0.454 e. The molecule has 2 aromatic carbocycles. The number of nitrogens with one attached hydrogen (secondary N) is 1. The van der Waals surface area contributed by atoms with Crippen molar-refractivity contribution < 1.29 is 14.3 Å². The summed E-state index contributed by atoms with van der Waals surface area (Å²) < 4.78 is 10.6. The average molecular weight is 338 g/mol. The summed E-state index contributed by atoms with van der Waals surface area (Å²) in [6.45, 7) is 0.672. The van der Waals surface area contributed by atoms with Crippen molar-refractivity contribution in [1.29, 1.82) is 0 Å². The lowest BCUT2D eigenvalue weighted by Crippen LogP contribution is -2.22. The quantitative estimate of drug-likeness (QED) is 0.791. The zero-order chi connectivity index (χ0) is 16.4. The van der Waals surface area contributed by atoms with E-state index in [0.717, 1.165) is 21.9 Å². The van der Waals surface area contributed by atoms with E-state index in [1.807, 2.05) is 41.8 Å². The summed E-state index contributed by atoms with van der Waals surface area (Å²) >= 11 is 1.55. The first-order chi connectivity index (χ1) is 11.8. The lowest BCUT2D eigenvalue weighted by atomic mass is 10.1. The van der Waals surface area contributed by atoms with E-state index in [9.17, 15) is 4.79 Å². The smallest absolute Gasteiger partial charge is 0.251 e. The van der Waals surface area contributed by atoms with Gasteiger partial charge in [0.25, 0.3) is 5.91 Å². The molecule has 0 spiro atoms. The molecule has 3 aromatic rings. The number of carbonyl (C=O) groups excluding carboxylic acids is 1. The summed E-state index contributed by atoms with van der Waals surface area (Å²) in [4.78, 5) is 16.7. The molecule has 0 aliphatic carbocycles.